The lowest BCUT2D eigenvalue weighted by Crippen LogP contribution is -2.29. The van der Waals surface area contributed by atoms with Gasteiger partial charge in [-0.15, -0.1) is 0 Å². The van der Waals surface area contributed by atoms with Crippen molar-refractivity contribution in [3.05, 3.63) is 48.0 Å². The average Bonchev–Trinajstić information content (AvgIpc) is 2.76. The normalized spacial score (nSPS) is 17.6. The van der Waals surface area contributed by atoms with Crippen molar-refractivity contribution >= 4 is 17.6 Å². The van der Waals surface area contributed by atoms with Gasteiger partial charge in [0.05, 0.1) is 5.69 Å². The van der Waals surface area contributed by atoms with Gasteiger partial charge in [0.1, 0.15) is 11.8 Å². The number of amides is 3. The Kier molecular flexibility index (Phi) is 3.10. The highest BCUT2D eigenvalue weighted by molar-refractivity contribution is 6.14. The molecule has 1 unspecified atom stereocenters. The highest BCUT2D eigenvalue weighted by Gasteiger charge is 2.42. The van der Waals surface area contributed by atoms with E-state index < -0.39 is 23.7 Å². The molecule has 4 N–H and O–H groups in total. The van der Waals surface area contributed by atoms with Gasteiger partial charge < -0.3 is 15.3 Å². The number of rotatable bonds is 2. The second-order valence-electron chi connectivity index (χ2n) is 4.80. The molecule has 1 aliphatic rings. The van der Waals surface area contributed by atoms with Crippen LogP contribution in [0.1, 0.15) is 11.6 Å². The number of phenols is 3. The standard InChI is InChI=1S/C15H12N2O5/c18-9-4-1-3-8(7-9)17-12(14(21)16-15(17)22)10-5-2-6-11(19)13(10)20/h1-7,12,18-20H,(H,16,21,22). The van der Waals surface area contributed by atoms with Crippen molar-refractivity contribution < 1.29 is 24.9 Å². The third-order valence-electron chi connectivity index (χ3n) is 3.40. The number of aromatic hydroxyl groups is 3. The van der Waals surface area contributed by atoms with Crippen LogP contribution in [-0.2, 0) is 4.79 Å². The van der Waals surface area contributed by atoms with Crippen LogP contribution in [-0.4, -0.2) is 27.3 Å². The number of phenolic OH excluding ortho intramolecular Hbond substituents is 3. The first-order valence-electron chi connectivity index (χ1n) is 6.43. The Hall–Kier alpha value is -3.22. The lowest BCUT2D eigenvalue weighted by atomic mass is 10.0. The van der Waals surface area contributed by atoms with Crippen molar-refractivity contribution in [2.45, 2.75) is 6.04 Å². The first-order chi connectivity index (χ1) is 10.5. The minimum absolute atomic E-state index is 0.0662. The zero-order valence-electron chi connectivity index (χ0n) is 11.2. The summed E-state index contributed by atoms with van der Waals surface area (Å²) in [6.07, 6.45) is 0. The maximum absolute atomic E-state index is 12.1. The first kappa shape index (κ1) is 13.7. The quantitative estimate of drug-likeness (QED) is 0.497. The Morgan fingerprint density at radius 2 is 1.73 bits per heavy atom. The molecule has 0 saturated carbocycles. The summed E-state index contributed by atoms with van der Waals surface area (Å²) in [4.78, 5) is 25.2. The van der Waals surface area contributed by atoms with Crippen molar-refractivity contribution in [1.29, 1.82) is 0 Å². The molecular formula is C15H12N2O5. The molecule has 7 heteroatoms. The molecule has 1 fully saturated rings. The number of nitrogens with one attached hydrogen (secondary N) is 1. The van der Waals surface area contributed by atoms with Crippen molar-refractivity contribution in [1.82, 2.24) is 5.32 Å². The summed E-state index contributed by atoms with van der Waals surface area (Å²) in [6, 6.07) is 8.18. The highest BCUT2D eigenvalue weighted by Crippen LogP contribution is 2.39. The van der Waals surface area contributed by atoms with Crippen LogP contribution in [0.2, 0.25) is 0 Å². The number of hydrogen-bond acceptors (Lipinski definition) is 5. The van der Waals surface area contributed by atoms with Gasteiger partial charge in [0.25, 0.3) is 5.91 Å². The van der Waals surface area contributed by atoms with E-state index in [2.05, 4.69) is 5.32 Å². The third-order valence-corrected chi connectivity index (χ3v) is 3.40. The Bertz CT molecular complexity index is 774. The second-order valence-corrected chi connectivity index (χ2v) is 4.80. The van der Waals surface area contributed by atoms with E-state index in [1.54, 1.807) is 6.07 Å². The van der Waals surface area contributed by atoms with Gasteiger partial charge in [-0.05, 0) is 18.2 Å². The van der Waals surface area contributed by atoms with E-state index >= 15 is 0 Å². The van der Waals surface area contributed by atoms with E-state index in [-0.39, 0.29) is 22.7 Å². The van der Waals surface area contributed by atoms with Gasteiger partial charge in [-0.3, -0.25) is 15.0 Å². The number of nitrogens with zero attached hydrogens (tertiary/aromatic N) is 1. The molecule has 0 spiro atoms. The summed E-state index contributed by atoms with van der Waals surface area (Å²) >= 11 is 0. The Balaban J connectivity index is 2.13. The molecule has 0 aromatic heterocycles. The van der Waals surface area contributed by atoms with Crippen LogP contribution >= 0.6 is 0 Å². The number of urea groups is 1. The topological polar surface area (TPSA) is 110 Å². The molecule has 1 saturated heterocycles. The fourth-order valence-electron chi connectivity index (χ4n) is 2.43. The van der Waals surface area contributed by atoms with E-state index in [1.165, 1.54) is 36.4 Å². The molecule has 1 aliphatic heterocycles. The minimum atomic E-state index is -1.14. The summed E-state index contributed by atoms with van der Waals surface area (Å²) in [5.74, 6) is -1.55. The SMILES string of the molecule is O=C1NC(=O)N(c2cccc(O)c2)C1c1cccc(O)c1O. The molecule has 112 valence electrons. The Morgan fingerprint density at radius 1 is 1.00 bits per heavy atom. The van der Waals surface area contributed by atoms with Crippen LogP contribution in [0, 0.1) is 0 Å². The summed E-state index contributed by atoms with van der Waals surface area (Å²) in [7, 11) is 0. The Morgan fingerprint density at radius 3 is 2.45 bits per heavy atom. The molecule has 1 heterocycles. The summed E-state index contributed by atoms with van der Waals surface area (Å²) in [6.45, 7) is 0. The maximum atomic E-state index is 12.1. The fourth-order valence-corrected chi connectivity index (χ4v) is 2.43. The molecule has 3 amide bonds. The van der Waals surface area contributed by atoms with E-state index in [0.29, 0.717) is 0 Å². The van der Waals surface area contributed by atoms with E-state index in [1.807, 2.05) is 0 Å². The van der Waals surface area contributed by atoms with Crippen LogP contribution < -0.4 is 10.2 Å². The number of para-hydroxylation sites is 1. The lowest BCUT2D eigenvalue weighted by Gasteiger charge is -2.23. The van der Waals surface area contributed by atoms with Gasteiger partial charge in [-0.2, -0.15) is 0 Å². The molecular weight excluding hydrogens is 288 g/mol. The number of anilines is 1. The summed E-state index contributed by atoms with van der Waals surface area (Å²) in [5, 5.41) is 31.3. The highest BCUT2D eigenvalue weighted by atomic mass is 16.3. The van der Waals surface area contributed by atoms with Crippen molar-refractivity contribution in [3.63, 3.8) is 0 Å². The van der Waals surface area contributed by atoms with Gasteiger partial charge in [0.15, 0.2) is 11.5 Å². The van der Waals surface area contributed by atoms with E-state index in [0.717, 1.165) is 4.90 Å². The van der Waals surface area contributed by atoms with E-state index in [4.69, 9.17) is 0 Å². The summed E-state index contributed by atoms with van der Waals surface area (Å²) in [5.41, 5.74) is 0.378. The van der Waals surface area contributed by atoms with Crippen LogP contribution in [0.3, 0.4) is 0 Å². The van der Waals surface area contributed by atoms with Gasteiger partial charge in [-0.25, -0.2) is 4.79 Å². The maximum Gasteiger partial charge on any atom is 0.329 e. The fraction of sp³-hybridized carbons (Fsp3) is 0.0667. The monoisotopic (exact) mass is 300 g/mol. The number of hydrogen-bond donors (Lipinski definition) is 4. The number of imide groups is 1. The Labute approximate surface area is 125 Å². The van der Waals surface area contributed by atoms with Gasteiger partial charge in [0, 0.05) is 11.6 Å². The largest absolute Gasteiger partial charge is 0.508 e. The first-order valence-corrected chi connectivity index (χ1v) is 6.43. The average molecular weight is 300 g/mol. The van der Waals surface area contributed by atoms with Crippen molar-refractivity contribution in [2.75, 3.05) is 4.90 Å². The molecule has 2 aromatic rings. The van der Waals surface area contributed by atoms with Gasteiger partial charge >= 0.3 is 6.03 Å². The lowest BCUT2D eigenvalue weighted by molar-refractivity contribution is -0.120. The molecule has 0 bridgehead atoms. The van der Waals surface area contributed by atoms with Crippen molar-refractivity contribution in [2.24, 2.45) is 0 Å². The molecule has 0 radical (unpaired) electrons. The predicted molar refractivity (Wildman–Crippen MR) is 76.6 cm³/mol. The second kappa shape index (κ2) is 4.96. The van der Waals surface area contributed by atoms with Gasteiger partial charge in [-0.1, -0.05) is 18.2 Å². The zero-order valence-corrected chi connectivity index (χ0v) is 11.2. The molecule has 22 heavy (non-hydrogen) atoms. The van der Waals surface area contributed by atoms with Gasteiger partial charge in [0.2, 0.25) is 0 Å². The van der Waals surface area contributed by atoms with Crippen LogP contribution in [0.5, 0.6) is 17.2 Å². The van der Waals surface area contributed by atoms with Crippen LogP contribution in [0.4, 0.5) is 10.5 Å². The molecule has 0 aliphatic carbocycles. The molecule has 7 nitrogen and oxygen atoms in total. The molecule has 1 atom stereocenters. The zero-order chi connectivity index (χ0) is 15.9. The molecule has 3 rings (SSSR count). The van der Waals surface area contributed by atoms with Crippen LogP contribution in [0.25, 0.3) is 0 Å². The number of carbonyl (C=O) groups excluding carboxylic acids is 2. The number of carbonyl (C=O) groups is 2. The predicted octanol–water partition coefficient (Wildman–Crippen LogP) is 1.60. The smallest absolute Gasteiger partial charge is 0.329 e. The number of benzene rings is 2. The summed E-state index contributed by atoms with van der Waals surface area (Å²) < 4.78 is 0. The minimum Gasteiger partial charge on any atom is -0.508 e. The van der Waals surface area contributed by atoms with Crippen molar-refractivity contribution in [3.8, 4) is 17.2 Å². The molecule has 2 aromatic carbocycles. The van der Waals surface area contributed by atoms with E-state index in [9.17, 15) is 24.9 Å². The van der Waals surface area contributed by atoms with Crippen LogP contribution in [0.15, 0.2) is 42.5 Å². The third kappa shape index (κ3) is 2.08.